The Morgan fingerprint density at radius 1 is 1.50 bits per heavy atom. The number of rotatable bonds is 8. The van der Waals surface area contributed by atoms with Crippen LogP contribution in [-0.2, 0) is 4.79 Å². The number of aliphatic carboxylic acids is 1. The van der Waals surface area contributed by atoms with Crippen molar-refractivity contribution in [3.05, 3.63) is 41.4 Å². The molecule has 0 atom stereocenters. The Hall–Kier alpha value is -1.94. The van der Waals surface area contributed by atoms with Gasteiger partial charge in [-0.15, -0.1) is 6.58 Å². The van der Waals surface area contributed by atoms with Gasteiger partial charge in [0.05, 0.1) is 18.7 Å². The average molecular weight is 297 g/mol. The normalized spacial score (nSPS) is 10.5. The van der Waals surface area contributed by atoms with E-state index in [4.69, 9.17) is 26.2 Å². The van der Waals surface area contributed by atoms with E-state index in [-0.39, 0.29) is 0 Å². The third kappa shape index (κ3) is 4.97. The van der Waals surface area contributed by atoms with Crippen LogP contribution in [-0.4, -0.2) is 24.8 Å². The smallest absolute Gasteiger partial charge is 0.328 e. The number of carboxylic acid groups (broad SMARTS) is 1. The maximum Gasteiger partial charge on any atom is 0.328 e. The van der Waals surface area contributed by atoms with Gasteiger partial charge < -0.3 is 14.6 Å². The molecule has 0 amide bonds. The predicted molar refractivity (Wildman–Crippen MR) is 79.6 cm³/mol. The summed E-state index contributed by atoms with van der Waals surface area (Å²) in [5.41, 5.74) is 0.632. The molecule has 0 heterocycles. The Bertz CT molecular complexity index is 509. The van der Waals surface area contributed by atoms with Crippen molar-refractivity contribution in [2.45, 2.75) is 12.8 Å². The summed E-state index contributed by atoms with van der Waals surface area (Å²) in [5, 5.41) is 8.99. The molecule has 20 heavy (non-hydrogen) atoms. The summed E-state index contributed by atoms with van der Waals surface area (Å²) in [6, 6.07) is 3.31. The zero-order valence-corrected chi connectivity index (χ0v) is 12.0. The summed E-state index contributed by atoms with van der Waals surface area (Å²) in [4.78, 5) is 10.5. The van der Waals surface area contributed by atoms with E-state index in [2.05, 4.69) is 6.58 Å². The molecule has 0 radical (unpaired) electrons. The highest BCUT2D eigenvalue weighted by molar-refractivity contribution is 6.32. The van der Waals surface area contributed by atoms with Gasteiger partial charge in [-0.2, -0.15) is 0 Å². The molecule has 0 bridgehead atoms. The number of benzene rings is 1. The highest BCUT2D eigenvalue weighted by Crippen LogP contribution is 2.36. The fourth-order valence-corrected chi connectivity index (χ4v) is 1.82. The number of hydrogen-bond donors (Lipinski definition) is 1. The Morgan fingerprint density at radius 3 is 2.85 bits per heavy atom. The van der Waals surface area contributed by atoms with Crippen LogP contribution >= 0.6 is 11.6 Å². The van der Waals surface area contributed by atoms with Crippen molar-refractivity contribution in [3.8, 4) is 11.5 Å². The predicted octanol–water partition coefficient (Wildman–Crippen LogP) is 3.79. The van der Waals surface area contributed by atoms with Crippen LogP contribution in [0.2, 0.25) is 5.02 Å². The number of allylic oxidation sites excluding steroid dienone is 1. The topological polar surface area (TPSA) is 55.8 Å². The van der Waals surface area contributed by atoms with Crippen molar-refractivity contribution < 1.29 is 19.4 Å². The Kier molecular flexibility index (Phi) is 6.67. The molecule has 4 nitrogen and oxygen atoms in total. The van der Waals surface area contributed by atoms with E-state index >= 15 is 0 Å². The van der Waals surface area contributed by atoms with E-state index in [1.54, 1.807) is 12.1 Å². The third-order valence-electron chi connectivity index (χ3n) is 2.47. The van der Waals surface area contributed by atoms with E-state index < -0.39 is 5.97 Å². The molecule has 0 aliphatic carbocycles. The van der Waals surface area contributed by atoms with Crippen LogP contribution in [0.5, 0.6) is 11.5 Å². The number of ether oxygens (including phenoxy) is 2. The number of carboxylic acids is 1. The molecule has 0 aliphatic heterocycles. The standard InChI is InChI=1S/C15H17ClO4/c1-3-4-5-8-20-15-12(16)9-11(6-7-14(17)18)10-13(15)19-2/h3,6-7,9-10H,1,4-5,8H2,2H3,(H,17,18). The fourth-order valence-electron chi connectivity index (χ4n) is 1.55. The van der Waals surface area contributed by atoms with E-state index in [1.165, 1.54) is 13.2 Å². The number of carbonyl (C=O) groups is 1. The summed E-state index contributed by atoms with van der Waals surface area (Å²) in [7, 11) is 1.51. The van der Waals surface area contributed by atoms with Crippen molar-refractivity contribution in [1.29, 1.82) is 0 Å². The van der Waals surface area contributed by atoms with Crippen molar-refractivity contribution in [1.82, 2.24) is 0 Å². The van der Waals surface area contributed by atoms with Crippen molar-refractivity contribution >= 4 is 23.6 Å². The van der Waals surface area contributed by atoms with Crippen molar-refractivity contribution in [3.63, 3.8) is 0 Å². The van der Waals surface area contributed by atoms with Crippen LogP contribution in [0.4, 0.5) is 0 Å². The Labute approximate surface area is 123 Å². The molecule has 108 valence electrons. The average Bonchev–Trinajstić information content (AvgIpc) is 2.42. The van der Waals surface area contributed by atoms with Gasteiger partial charge in [-0.25, -0.2) is 4.79 Å². The molecule has 0 aromatic heterocycles. The number of unbranched alkanes of at least 4 members (excludes halogenated alkanes) is 1. The molecular weight excluding hydrogens is 280 g/mol. The van der Waals surface area contributed by atoms with Crippen LogP contribution in [0.25, 0.3) is 6.08 Å². The first-order chi connectivity index (χ1) is 9.58. The van der Waals surface area contributed by atoms with Crippen LogP contribution < -0.4 is 9.47 Å². The van der Waals surface area contributed by atoms with Gasteiger partial charge in [0.1, 0.15) is 0 Å². The molecule has 0 unspecified atom stereocenters. The second kappa shape index (κ2) is 8.27. The molecule has 0 spiro atoms. The first-order valence-corrected chi connectivity index (χ1v) is 6.48. The summed E-state index contributed by atoms with van der Waals surface area (Å²) >= 11 is 6.13. The summed E-state index contributed by atoms with van der Waals surface area (Å²) in [6.07, 6.45) is 6.00. The van der Waals surface area contributed by atoms with Crippen LogP contribution in [0.3, 0.4) is 0 Å². The molecular formula is C15H17ClO4. The maximum absolute atomic E-state index is 10.5. The molecule has 1 N–H and O–H groups in total. The van der Waals surface area contributed by atoms with Crippen molar-refractivity contribution in [2.24, 2.45) is 0 Å². The minimum absolute atomic E-state index is 0.382. The summed E-state index contributed by atoms with van der Waals surface area (Å²) in [6.45, 7) is 4.15. The molecule has 0 aliphatic rings. The Morgan fingerprint density at radius 2 is 2.25 bits per heavy atom. The molecule has 1 aromatic rings. The fraction of sp³-hybridized carbons (Fsp3) is 0.267. The second-order valence-corrected chi connectivity index (χ2v) is 4.39. The maximum atomic E-state index is 10.5. The van der Waals surface area contributed by atoms with Gasteiger partial charge in [-0.3, -0.25) is 0 Å². The SMILES string of the molecule is C=CCCCOc1c(Cl)cc(C=CC(=O)O)cc1OC. The highest BCUT2D eigenvalue weighted by Gasteiger charge is 2.11. The van der Waals surface area contributed by atoms with Gasteiger partial charge in [0.25, 0.3) is 0 Å². The lowest BCUT2D eigenvalue weighted by Crippen LogP contribution is -2.00. The number of hydrogen-bond acceptors (Lipinski definition) is 3. The summed E-state index contributed by atoms with van der Waals surface area (Å²) in [5.74, 6) is -0.0864. The van der Waals surface area contributed by atoms with E-state index in [0.717, 1.165) is 18.9 Å². The van der Waals surface area contributed by atoms with Gasteiger partial charge in [-0.1, -0.05) is 17.7 Å². The van der Waals surface area contributed by atoms with E-state index in [1.807, 2.05) is 6.08 Å². The number of methoxy groups -OCH3 is 1. The summed E-state index contributed by atoms with van der Waals surface area (Å²) < 4.78 is 10.8. The lowest BCUT2D eigenvalue weighted by molar-refractivity contribution is -0.131. The first-order valence-electron chi connectivity index (χ1n) is 6.10. The van der Waals surface area contributed by atoms with E-state index in [0.29, 0.717) is 28.7 Å². The number of halogens is 1. The first kappa shape index (κ1) is 16.1. The Balaban J connectivity index is 2.90. The van der Waals surface area contributed by atoms with Crippen LogP contribution in [0.1, 0.15) is 18.4 Å². The van der Waals surface area contributed by atoms with Gasteiger partial charge >= 0.3 is 5.97 Å². The van der Waals surface area contributed by atoms with Gasteiger partial charge in [0, 0.05) is 6.08 Å². The lowest BCUT2D eigenvalue weighted by atomic mass is 10.2. The van der Waals surface area contributed by atoms with Gasteiger partial charge in [0.15, 0.2) is 11.5 Å². The zero-order chi connectivity index (χ0) is 15.0. The molecule has 0 saturated carbocycles. The second-order valence-electron chi connectivity index (χ2n) is 3.99. The molecule has 0 saturated heterocycles. The van der Waals surface area contributed by atoms with Crippen LogP contribution in [0, 0.1) is 0 Å². The van der Waals surface area contributed by atoms with Crippen molar-refractivity contribution in [2.75, 3.05) is 13.7 Å². The molecule has 1 aromatic carbocycles. The monoisotopic (exact) mass is 296 g/mol. The molecule has 5 heteroatoms. The minimum atomic E-state index is -1.02. The van der Waals surface area contributed by atoms with Gasteiger partial charge in [-0.05, 0) is 36.6 Å². The zero-order valence-electron chi connectivity index (χ0n) is 11.3. The van der Waals surface area contributed by atoms with Crippen LogP contribution in [0.15, 0.2) is 30.9 Å². The third-order valence-corrected chi connectivity index (χ3v) is 2.75. The van der Waals surface area contributed by atoms with E-state index in [9.17, 15) is 4.79 Å². The highest BCUT2D eigenvalue weighted by atomic mass is 35.5. The quantitative estimate of drug-likeness (QED) is 0.450. The molecule has 1 rings (SSSR count). The largest absolute Gasteiger partial charge is 0.493 e. The minimum Gasteiger partial charge on any atom is -0.493 e. The molecule has 0 fully saturated rings. The van der Waals surface area contributed by atoms with Gasteiger partial charge in [0.2, 0.25) is 0 Å². The lowest BCUT2D eigenvalue weighted by Gasteiger charge is -2.13.